The summed E-state index contributed by atoms with van der Waals surface area (Å²) in [6.45, 7) is 1.04. The molecule has 0 atom stereocenters. The van der Waals surface area contributed by atoms with Gasteiger partial charge in [0.1, 0.15) is 0 Å². The van der Waals surface area contributed by atoms with Crippen LogP contribution in [0, 0.1) is 0 Å². The summed E-state index contributed by atoms with van der Waals surface area (Å²) in [5.74, 6) is 0.627. The zero-order valence-electron chi connectivity index (χ0n) is 13.0. The van der Waals surface area contributed by atoms with E-state index < -0.39 is 0 Å². The number of nitrogens with zero attached hydrogens (tertiary/aromatic N) is 4. The van der Waals surface area contributed by atoms with Gasteiger partial charge in [-0.2, -0.15) is 4.37 Å². The Kier molecular flexibility index (Phi) is 5.47. The molecule has 6 nitrogen and oxygen atoms in total. The van der Waals surface area contributed by atoms with Crippen molar-refractivity contribution in [2.24, 2.45) is 10.2 Å². The maximum Gasteiger partial charge on any atom is 0.195 e. The van der Waals surface area contributed by atoms with Crippen LogP contribution >= 0.6 is 11.5 Å². The van der Waals surface area contributed by atoms with Crippen LogP contribution in [0.4, 0.5) is 17.2 Å². The summed E-state index contributed by atoms with van der Waals surface area (Å²) in [5, 5.41) is 27.7. The van der Waals surface area contributed by atoms with Gasteiger partial charge in [-0.25, -0.2) is 0 Å². The second-order valence-electron chi connectivity index (χ2n) is 5.15. The molecule has 1 aromatic heterocycles. The molecular weight excluding hydrogens is 324 g/mol. The average Bonchev–Trinajstić information content (AvgIpc) is 3.03. The second-order valence-corrected chi connectivity index (χ2v) is 5.96. The molecule has 2 aromatic carbocycles. The summed E-state index contributed by atoms with van der Waals surface area (Å²) >= 11 is 1.41. The molecule has 0 aliphatic rings. The Morgan fingerprint density at radius 2 is 1.62 bits per heavy atom. The summed E-state index contributed by atoms with van der Waals surface area (Å²) in [5.41, 5.74) is 1.65. The fourth-order valence-corrected chi connectivity index (χ4v) is 3.11. The predicted octanol–water partition coefficient (Wildman–Crippen LogP) is 3.50. The maximum absolute atomic E-state index is 9.09. The number of aliphatic hydroxyl groups is 2. The molecular formula is C17H18N4O2S. The van der Waals surface area contributed by atoms with E-state index in [4.69, 9.17) is 10.2 Å². The van der Waals surface area contributed by atoms with E-state index in [-0.39, 0.29) is 13.2 Å². The van der Waals surface area contributed by atoms with Crippen LogP contribution in [-0.2, 0) is 0 Å². The van der Waals surface area contributed by atoms with E-state index >= 15 is 0 Å². The standard InChI is InChI=1S/C17H18N4O2S/c22-11-9-21(10-12-23)14-7-5-13(6-8-14)18-19-17-15-3-1-2-4-16(15)24-20-17/h1-8,22-23H,9-12H2. The molecule has 0 saturated heterocycles. The van der Waals surface area contributed by atoms with Gasteiger partial charge in [0.15, 0.2) is 5.82 Å². The van der Waals surface area contributed by atoms with E-state index in [1.807, 2.05) is 53.4 Å². The fraction of sp³-hybridized carbons (Fsp3) is 0.235. The van der Waals surface area contributed by atoms with Gasteiger partial charge in [-0.05, 0) is 47.9 Å². The highest BCUT2D eigenvalue weighted by Gasteiger charge is 2.06. The van der Waals surface area contributed by atoms with Crippen molar-refractivity contribution >= 4 is 38.8 Å². The first kappa shape index (κ1) is 16.5. The number of hydrogen-bond donors (Lipinski definition) is 2. The number of hydrogen-bond acceptors (Lipinski definition) is 7. The molecule has 0 radical (unpaired) electrons. The molecule has 124 valence electrons. The van der Waals surface area contributed by atoms with Gasteiger partial charge in [-0.3, -0.25) is 0 Å². The van der Waals surface area contributed by atoms with E-state index in [0.29, 0.717) is 18.9 Å². The van der Waals surface area contributed by atoms with Gasteiger partial charge >= 0.3 is 0 Å². The van der Waals surface area contributed by atoms with Crippen LogP contribution < -0.4 is 4.90 Å². The van der Waals surface area contributed by atoms with Gasteiger partial charge < -0.3 is 15.1 Å². The first-order valence-corrected chi connectivity index (χ1v) is 8.42. The summed E-state index contributed by atoms with van der Waals surface area (Å²) in [6, 6.07) is 15.4. The number of rotatable bonds is 7. The lowest BCUT2D eigenvalue weighted by Crippen LogP contribution is -2.29. The minimum absolute atomic E-state index is 0.0400. The van der Waals surface area contributed by atoms with E-state index in [1.54, 1.807) is 0 Å². The van der Waals surface area contributed by atoms with Crippen molar-refractivity contribution in [2.45, 2.75) is 0 Å². The maximum atomic E-state index is 9.09. The predicted molar refractivity (Wildman–Crippen MR) is 96.6 cm³/mol. The highest BCUT2D eigenvalue weighted by molar-refractivity contribution is 7.13. The molecule has 0 aliphatic heterocycles. The zero-order valence-corrected chi connectivity index (χ0v) is 13.9. The molecule has 1 heterocycles. The lowest BCUT2D eigenvalue weighted by Gasteiger charge is -2.22. The van der Waals surface area contributed by atoms with Crippen molar-refractivity contribution in [2.75, 3.05) is 31.2 Å². The van der Waals surface area contributed by atoms with Crippen LogP contribution in [0.5, 0.6) is 0 Å². The third-order valence-corrected chi connectivity index (χ3v) is 4.39. The molecule has 0 aliphatic carbocycles. The Hall–Kier alpha value is -2.35. The van der Waals surface area contributed by atoms with Crippen LogP contribution in [-0.4, -0.2) is 40.9 Å². The molecule has 24 heavy (non-hydrogen) atoms. The Labute approximate surface area is 143 Å². The summed E-state index contributed by atoms with van der Waals surface area (Å²) in [4.78, 5) is 1.91. The van der Waals surface area contributed by atoms with E-state index in [1.165, 1.54) is 11.5 Å². The summed E-state index contributed by atoms with van der Waals surface area (Å²) in [6.07, 6.45) is 0. The molecule has 3 rings (SSSR count). The van der Waals surface area contributed by atoms with Gasteiger partial charge in [0.25, 0.3) is 0 Å². The van der Waals surface area contributed by atoms with Crippen molar-refractivity contribution in [3.63, 3.8) is 0 Å². The number of azo groups is 1. The Balaban J connectivity index is 1.76. The normalized spacial score (nSPS) is 11.4. The largest absolute Gasteiger partial charge is 0.395 e. The highest BCUT2D eigenvalue weighted by Crippen LogP contribution is 2.30. The zero-order chi connectivity index (χ0) is 16.8. The van der Waals surface area contributed by atoms with Crippen molar-refractivity contribution < 1.29 is 10.2 Å². The molecule has 0 amide bonds. The lowest BCUT2D eigenvalue weighted by molar-refractivity contribution is 0.281. The molecule has 7 heteroatoms. The van der Waals surface area contributed by atoms with Gasteiger partial charge in [-0.15, -0.1) is 10.2 Å². The van der Waals surface area contributed by atoms with Crippen molar-refractivity contribution in [3.05, 3.63) is 48.5 Å². The number of benzene rings is 2. The third kappa shape index (κ3) is 3.76. The molecule has 0 fully saturated rings. The van der Waals surface area contributed by atoms with Crippen LogP contribution in [0.15, 0.2) is 58.8 Å². The van der Waals surface area contributed by atoms with E-state index in [2.05, 4.69) is 14.6 Å². The quantitative estimate of drug-likeness (QED) is 0.644. The average molecular weight is 342 g/mol. The van der Waals surface area contributed by atoms with Gasteiger partial charge in [-0.1, -0.05) is 12.1 Å². The first-order chi connectivity index (χ1) is 11.8. The number of anilines is 1. The van der Waals surface area contributed by atoms with Crippen LogP contribution in [0.1, 0.15) is 0 Å². The van der Waals surface area contributed by atoms with Gasteiger partial charge in [0.05, 0.1) is 23.6 Å². The Morgan fingerprint density at radius 3 is 2.33 bits per heavy atom. The highest BCUT2D eigenvalue weighted by atomic mass is 32.1. The third-order valence-electron chi connectivity index (χ3n) is 3.57. The molecule has 0 bridgehead atoms. The fourth-order valence-electron chi connectivity index (χ4n) is 2.39. The number of aromatic nitrogens is 1. The second kappa shape index (κ2) is 7.96. The summed E-state index contributed by atoms with van der Waals surface area (Å²) < 4.78 is 5.41. The molecule has 2 N–H and O–H groups in total. The SMILES string of the molecule is OCCN(CCO)c1ccc(N=Nc2nsc3ccccc23)cc1. The smallest absolute Gasteiger partial charge is 0.195 e. The lowest BCUT2D eigenvalue weighted by atomic mass is 10.2. The van der Waals surface area contributed by atoms with Crippen LogP contribution in [0.3, 0.4) is 0 Å². The van der Waals surface area contributed by atoms with Gasteiger partial charge in [0, 0.05) is 24.2 Å². The molecule has 3 aromatic rings. The molecule has 0 spiro atoms. The molecule has 0 unspecified atom stereocenters. The summed E-state index contributed by atoms with van der Waals surface area (Å²) in [7, 11) is 0. The minimum Gasteiger partial charge on any atom is -0.395 e. The van der Waals surface area contributed by atoms with Crippen LogP contribution in [0.2, 0.25) is 0 Å². The van der Waals surface area contributed by atoms with Crippen molar-refractivity contribution in [1.82, 2.24) is 4.37 Å². The van der Waals surface area contributed by atoms with Crippen LogP contribution in [0.25, 0.3) is 10.1 Å². The van der Waals surface area contributed by atoms with E-state index in [0.717, 1.165) is 21.5 Å². The number of aliphatic hydroxyl groups excluding tert-OH is 2. The minimum atomic E-state index is 0.0400. The Bertz CT molecular complexity index is 811. The molecule has 0 saturated carbocycles. The van der Waals surface area contributed by atoms with Crippen molar-refractivity contribution in [1.29, 1.82) is 0 Å². The van der Waals surface area contributed by atoms with E-state index in [9.17, 15) is 0 Å². The first-order valence-electron chi connectivity index (χ1n) is 7.64. The number of fused-ring (bicyclic) bond motifs is 1. The topological polar surface area (TPSA) is 81.3 Å². The van der Waals surface area contributed by atoms with Crippen molar-refractivity contribution in [3.8, 4) is 0 Å². The van der Waals surface area contributed by atoms with Gasteiger partial charge in [0.2, 0.25) is 0 Å². The Morgan fingerprint density at radius 1 is 0.917 bits per heavy atom. The monoisotopic (exact) mass is 342 g/mol.